The third kappa shape index (κ3) is 4.99. The fraction of sp³-hybridized carbons (Fsp3) is 0.545. The number of nitrogens with zero attached hydrogens (tertiary/aromatic N) is 8. The van der Waals surface area contributed by atoms with Crippen molar-refractivity contribution < 1.29 is 14.6 Å². The number of aromatic nitrogens is 4. The summed E-state index contributed by atoms with van der Waals surface area (Å²) in [5.41, 5.74) is 9.90. The van der Waals surface area contributed by atoms with E-state index < -0.39 is 0 Å². The first-order valence-corrected chi connectivity index (χ1v) is 16.2. The summed E-state index contributed by atoms with van der Waals surface area (Å²) in [5, 5.41) is 18.8. The van der Waals surface area contributed by atoms with Crippen LogP contribution in [0, 0.1) is 11.3 Å². The zero-order chi connectivity index (χ0) is 30.7. The number of esters is 1. The molecule has 3 saturated heterocycles. The highest BCUT2D eigenvalue weighted by Crippen LogP contribution is 2.60. The van der Waals surface area contributed by atoms with E-state index in [0.29, 0.717) is 28.5 Å². The molecule has 2 saturated carbocycles. The van der Waals surface area contributed by atoms with Gasteiger partial charge in [-0.05, 0) is 62.1 Å². The average molecular weight is 612 g/mol. The number of hydrogen-bond acceptors (Lipinski definition) is 12. The first-order chi connectivity index (χ1) is 21.9. The number of nitrogen functional groups attached to an aromatic ring is 1. The predicted octanol–water partition coefficient (Wildman–Crippen LogP) is 2.93. The Balaban J connectivity index is 0.873. The molecular weight excluding hydrogens is 570 g/mol. The number of phenols is 1. The van der Waals surface area contributed by atoms with Gasteiger partial charge >= 0.3 is 5.97 Å². The molecule has 45 heavy (non-hydrogen) atoms. The van der Waals surface area contributed by atoms with Gasteiger partial charge < -0.3 is 30.3 Å². The van der Waals surface area contributed by atoms with E-state index in [2.05, 4.69) is 29.8 Å². The van der Waals surface area contributed by atoms with Crippen molar-refractivity contribution in [3.05, 3.63) is 42.7 Å². The molecule has 8 rings (SSSR count). The molecule has 236 valence electrons. The van der Waals surface area contributed by atoms with Crippen molar-refractivity contribution in [1.82, 2.24) is 25.1 Å². The first kappa shape index (κ1) is 28.3. The highest BCUT2D eigenvalue weighted by atomic mass is 16.5. The Kier molecular flexibility index (Phi) is 6.92. The quantitative estimate of drug-likeness (QED) is 0.397. The number of piperazine rings is 2. The van der Waals surface area contributed by atoms with Crippen LogP contribution in [0.3, 0.4) is 0 Å². The molecule has 2 aromatic heterocycles. The zero-order valence-corrected chi connectivity index (χ0v) is 25.8. The number of hydrogen-bond donors (Lipinski definition) is 2. The monoisotopic (exact) mass is 611 g/mol. The molecular formula is C33H41N9O3. The lowest BCUT2D eigenvalue weighted by atomic mass is 9.49. The zero-order valence-electron chi connectivity index (χ0n) is 25.8. The van der Waals surface area contributed by atoms with E-state index in [0.717, 1.165) is 82.3 Å². The summed E-state index contributed by atoms with van der Waals surface area (Å²) in [6.45, 7) is 5.65. The van der Waals surface area contributed by atoms with Gasteiger partial charge in [0.25, 0.3) is 0 Å². The Hall–Kier alpha value is -4.19. The second-order valence-corrected chi connectivity index (χ2v) is 13.7. The van der Waals surface area contributed by atoms with Crippen LogP contribution >= 0.6 is 0 Å². The first-order valence-electron chi connectivity index (χ1n) is 16.2. The van der Waals surface area contributed by atoms with Gasteiger partial charge in [-0.15, -0.1) is 10.2 Å². The van der Waals surface area contributed by atoms with Crippen LogP contribution in [0.2, 0.25) is 0 Å². The van der Waals surface area contributed by atoms with Gasteiger partial charge in [0.1, 0.15) is 5.75 Å². The molecule has 12 heteroatoms. The van der Waals surface area contributed by atoms with Crippen molar-refractivity contribution in [2.45, 2.75) is 56.7 Å². The molecule has 5 fully saturated rings. The molecule has 2 aliphatic carbocycles. The van der Waals surface area contributed by atoms with Gasteiger partial charge in [-0.1, -0.05) is 12.1 Å². The van der Waals surface area contributed by atoms with Crippen LogP contribution in [-0.4, -0.2) is 101 Å². The second-order valence-electron chi connectivity index (χ2n) is 13.7. The minimum absolute atomic E-state index is 0.0336. The number of anilines is 4. The molecule has 2 bridgehead atoms. The molecule has 3 aliphatic heterocycles. The van der Waals surface area contributed by atoms with Crippen LogP contribution in [0.1, 0.15) is 38.5 Å². The smallest absolute Gasteiger partial charge is 0.308 e. The maximum atomic E-state index is 11.8. The minimum Gasteiger partial charge on any atom is -0.507 e. The average Bonchev–Trinajstić information content (AvgIpc) is 3.29. The Morgan fingerprint density at radius 3 is 2.29 bits per heavy atom. The molecule has 2 unspecified atom stereocenters. The van der Waals surface area contributed by atoms with Crippen molar-refractivity contribution in [3.63, 3.8) is 0 Å². The molecule has 1 spiro atoms. The van der Waals surface area contributed by atoms with Crippen LogP contribution in [0.4, 0.5) is 23.1 Å². The van der Waals surface area contributed by atoms with Gasteiger partial charge in [-0.3, -0.25) is 9.69 Å². The van der Waals surface area contributed by atoms with Crippen LogP contribution < -0.4 is 20.4 Å². The highest BCUT2D eigenvalue weighted by molar-refractivity contribution is 5.75. The third-order valence-electron chi connectivity index (χ3n) is 11.1. The summed E-state index contributed by atoms with van der Waals surface area (Å²) >= 11 is 0. The van der Waals surface area contributed by atoms with Gasteiger partial charge in [-0.25, -0.2) is 9.97 Å². The Bertz CT molecular complexity index is 1550. The minimum atomic E-state index is -0.0336. The number of carbonyl (C=O) groups excluding carboxylic acids is 1. The van der Waals surface area contributed by atoms with Crippen molar-refractivity contribution in [3.8, 4) is 17.0 Å². The lowest BCUT2D eigenvalue weighted by Crippen LogP contribution is -2.60. The number of phenolic OH excluding ortho intramolecular Hbond substituents is 1. The number of para-hydroxylation sites is 1. The highest BCUT2D eigenvalue weighted by Gasteiger charge is 2.56. The molecule has 3 aromatic rings. The van der Waals surface area contributed by atoms with E-state index in [9.17, 15) is 9.90 Å². The largest absolute Gasteiger partial charge is 0.507 e. The van der Waals surface area contributed by atoms with E-state index >= 15 is 0 Å². The maximum Gasteiger partial charge on any atom is 0.308 e. The summed E-state index contributed by atoms with van der Waals surface area (Å²) in [6, 6.07) is 10.3. The number of nitrogens with two attached hydrogens (primary N) is 1. The van der Waals surface area contributed by atoms with Gasteiger partial charge in [0.05, 0.1) is 42.5 Å². The third-order valence-corrected chi connectivity index (χ3v) is 11.1. The van der Waals surface area contributed by atoms with Crippen LogP contribution in [0.5, 0.6) is 5.75 Å². The van der Waals surface area contributed by atoms with Crippen molar-refractivity contribution >= 4 is 29.1 Å². The van der Waals surface area contributed by atoms with E-state index in [4.69, 9.17) is 20.4 Å². The van der Waals surface area contributed by atoms with Crippen molar-refractivity contribution in [2.24, 2.45) is 11.3 Å². The lowest BCUT2D eigenvalue weighted by Gasteiger charge is -2.60. The number of fused-ring (bicyclic) bond motifs is 2. The molecule has 1 aromatic carbocycles. The lowest BCUT2D eigenvalue weighted by molar-refractivity contribution is -0.163. The van der Waals surface area contributed by atoms with Gasteiger partial charge in [-0.2, -0.15) is 0 Å². The van der Waals surface area contributed by atoms with Gasteiger partial charge in [0.2, 0.25) is 5.95 Å². The normalized spacial score (nSPS) is 29.4. The van der Waals surface area contributed by atoms with Crippen LogP contribution in [-0.2, 0) is 9.53 Å². The fourth-order valence-corrected chi connectivity index (χ4v) is 8.70. The summed E-state index contributed by atoms with van der Waals surface area (Å²) in [7, 11) is 1.50. The molecule has 3 N–H and O–H groups in total. The Labute approximate surface area is 263 Å². The molecule has 12 nitrogen and oxygen atoms in total. The Morgan fingerprint density at radius 1 is 0.933 bits per heavy atom. The summed E-state index contributed by atoms with van der Waals surface area (Å²) in [6.07, 6.45) is 10.6. The number of ether oxygens (including phenoxy) is 1. The SMILES string of the molecule is COC(=O)C1CC2(C1)CC(N1CCN(c3cnc(N4C5CCC4CN(c4cc(-c6ccccc6O)nnc4N)C5)nc3)CC1)C2. The molecule has 5 aliphatic rings. The number of aromatic hydroxyl groups is 1. The summed E-state index contributed by atoms with van der Waals surface area (Å²) < 4.78 is 4.93. The second kappa shape index (κ2) is 11.0. The summed E-state index contributed by atoms with van der Waals surface area (Å²) in [4.78, 5) is 31.3. The van der Waals surface area contributed by atoms with Crippen LogP contribution in [0.25, 0.3) is 11.3 Å². The summed E-state index contributed by atoms with van der Waals surface area (Å²) in [5.74, 6) is 1.46. The van der Waals surface area contributed by atoms with Crippen molar-refractivity contribution in [1.29, 1.82) is 0 Å². The maximum absolute atomic E-state index is 11.8. The Morgan fingerprint density at radius 2 is 1.62 bits per heavy atom. The predicted molar refractivity (Wildman–Crippen MR) is 171 cm³/mol. The number of rotatable bonds is 6. The molecule has 5 heterocycles. The number of carbonyl (C=O) groups is 1. The molecule has 0 radical (unpaired) electrons. The topological polar surface area (TPSA) is 137 Å². The van der Waals surface area contributed by atoms with Crippen molar-refractivity contribution in [2.75, 3.05) is 66.8 Å². The molecule has 2 atom stereocenters. The molecule has 0 amide bonds. The fourth-order valence-electron chi connectivity index (χ4n) is 8.70. The van der Waals surface area contributed by atoms with E-state index in [1.807, 2.05) is 30.6 Å². The van der Waals surface area contributed by atoms with E-state index in [1.165, 1.54) is 20.0 Å². The van der Waals surface area contributed by atoms with Crippen LogP contribution in [0.15, 0.2) is 42.7 Å². The standard InChI is InChI=1S/C33H41N9O3/c1-45-31(44)21-13-33(14-21)15-24(16-33)39-8-10-40(11-9-39)25-17-35-32(36-18-25)42-22-6-7-23(42)20-41(19-22)28-12-27(37-38-30(28)34)26-4-2-3-5-29(26)43/h2-5,12,17-18,21-24,43H,6-11,13-16,19-20H2,1H3,(H2,34,38). The number of benzene rings is 1. The van der Waals surface area contributed by atoms with Gasteiger partial charge in [0, 0.05) is 63.0 Å². The van der Waals surface area contributed by atoms with E-state index in [1.54, 1.807) is 12.1 Å². The van der Waals surface area contributed by atoms with E-state index in [-0.39, 0.29) is 29.7 Å². The van der Waals surface area contributed by atoms with Gasteiger partial charge in [0.15, 0.2) is 5.82 Å². The number of methoxy groups -OCH3 is 1.